The minimum absolute atomic E-state index is 0.248. The van der Waals surface area contributed by atoms with Crippen LogP contribution < -0.4 is 5.32 Å². The standard InChI is InChI=1S/C22H21N5O3/c1-22(2,3)16-12-18(27(25-16)17-10-6-7-11-23-17)24-19(28)13-26-20(29)14-8-4-5-9-15(14)21(26)30/h4-12H,13H2,1-3H3,(H,24,28). The summed E-state index contributed by atoms with van der Waals surface area (Å²) in [6.07, 6.45) is 1.64. The number of amides is 3. The number of nitrogens with one attached hydrogen (secondary N) is 1. The van der Waals surface area contributed by atoms with Crippen molar-refractivity contribution in [2.24, 2.45) is 0 Å². The van der Waals surface area contributed by atoms with Gasteiger partial charge in [0.1, 0.15) is 12.4 Å². The third-order valence-corrected chi connectivity index (χ3v) is 4.79. The first-order chi connectivity index (χ1) is 14.3. The second kappa shape index (κ2) is 7.22. The van der Waals surface area contributed by atoms with Crippen LogP contribution in [-0.4, -0.2) is 43.9 Å². The van der Waals surface area contributed by atoms with Crippen LogP contribution in [-0.2, 0) is 10.2 Å². The van der Waals surface area contributed by atoms with Gasteiger partial charge in [-0.2, -0.15) is 9.78 Å². The molecule has 3 heterocycles. The third kappa shape index (κ3) is 3.47. The van der Waals surface area contributed by atoms with Crippen LogP contribution >= 0.6 is 0 Å². The maximum atomic E-state index is 12.7. The van der Waals surface area contributed by atoms with Crippen molar-refractivity contribution in [2.75, 3.05) is 11.9 Å². The quantitative estimate of drug-likeness (QED) is 0.676. The lowest BCUT2D eigenvalue weighted by molar-refractivity contribution is -0.116. The van der Waals surface area contributed by atoms with Crippen LogP contribution in [0.25, 0.3) is 5.82 Å². The van der Waals surface area contributed by atoms with E-state index in [1.165, 1.54) is 0 Å². The van der Waals surface area contributed by atoms with Gasteiger partial charge in [0.25, 0.3) is 11.8 Å². The molecule has 0 bridgehead atoms. The van der Waals surface area contributed by atoms with Crippen LogP contribution in [0.1, 0.15) is 47.2 Å². The first-order valence-corrected chi connectivity index (χ1v) is 9.53. The lowest BCUT2D eigenvalue weighted by atomic mass is 9.92. The van der Waals surface area contributed by atoms with E-state index in [2.05, 4.69) is 15.4 Å². The molecule has 0 unspecified atom stereocenters. The highest BCUT2D eigenvalue weighted by atomic mass is 16.2. The molecule has 0 radical (unpaired) electrons. The highest BCUT2D eigenvalue weighted by Crippen LogP contribution is 2.26. The average Bonchev–Trinajstić information content (AvgIpc) is 3.24. The van der Waals surface area contributed by atoms with Gasteiger partial charge >= 0.3 is 0 Å². The van der Waals surface area contributed by atoms with Crippen LogP contribution in [0, 0.1) is 0 Å². The maximum Gasteiger partial charge on any atom is 0.262 e. The Balaban J connectivity index is 1.59. The van der Waals surface area contributed by atoms with Gasteiger partial charge in [-0.1, -0.05) is 39.0 Å². The first kappa shape index (κ1) is 19.5. The Morgan fingerprint density at radius 1 is 1.00 bits per heavy atom. The molecule has 1 aliphatic rings. The predicted molar refractivity (Wildman–Crippen MR) is 110 cm³/mol. The number of benzene rings is 1. The molecule has 8 heteroatoms. The highest BCUT2D eigenvalue weighted by molar-refractivity contribution is 6.22. The number of imide groups is 1. The zero-order chi connectivity index (χ0) is 21.5. The fourth-order valence-corrected chi connectivity index (χ4v) is 3.20. The van der Waals surface area contributed by atoms with Gasteiger partial charge in [-0.3, -0.25) is 19.3 Å². The Morgan fingerprint density at radius 3 is 2.20 bits per heavy atom. The van der Waals surface area contributed by atoms with Gasteiger partial charge in [0.2, 0.25) is 5.91 Å². The molecule has 152 valence electrons. The summed E-state index contributed by atoms with van der Waals surface area (Å²) in [4.78, 5) is 43.0. The number of hydrogen-bond donors (Lipinski definition) is 1. The lowest BCUT2D eigenvalue weighted by Gasteiger charge is -2.14. The molecule has 2 aromatic heterocycles. The van der Waals surface area contributed by atoms with Crippen molar-refractivity contribution in [2.45, 2.75) is 26.2 Å². The maximum absolute atomic E-state index is 12.7. The fraction of sp³-hybridized carbons (Fsp3) is 0.227. The number of aromatic nitrogens is 3. The summed E-state index contributed by atoms with van der Waals surface area (Å²) in [5.41, 5.74) is 1.14. The molecule has 8 nitrogen and oxygen atoms in total. The highest BCUT2D eigenvalue weighted by Gasteiger charge is 2.36. The molecular formula is C22H21N5O3. The molecule has 3 aromatic rings. The van der Waals surface area contributed by atoms with Gasteiger partial charge in [-0.05, 0) is 24.3 Å². The monoisotopic (exact) mass is 403 g/mol. The van der Waals surface area contributed by atoms with E-state index in [0.717, 1.165) is 10.6 Å². The third-order valence-electron chi connectivity index (χ3n) is 4.79. The van der Waals surface area contributed by atoms with E-state index >= 15 is 0 Å². The SMILES string of the molecule is CC(C)(C)c1cc(NC(=O)CN2C(=O)c3ccccc3C2=O)n(-c2ccccn2)n1. The Bertz CT molecular complexity index is 1110. The number of rotatable bonds is 4. The number of nitrogens with zero attached hydrogens (tertiary/aromatic N) is 4. The number of anilines is 1. The number of carbonyl (C=O) groups is 3. The summed E-state index contributed by atoms with van der Waals surface area (Å²) in [5.74, 6) is -0.481. The largest absolute Gasteiger partial charge is 0.309 e. The van der Waals surface area contributed by atoms with Gasteiger partial charge < -0.3 is 5.32 Å². The summed E-state index contributed by atoms with van der Waals surface area (Å²) in [6, 6.07) is 13.7. The Kier molecular flexibility index (Phi) is 4.69. The molecule has 0 fully saturated rings. The van der Waals surface area contributed by atoms with Gasteiger partial charge in [0.15, 0.2) is 5.82 Å². The molecule has 30 heavy (non-hydrogen) atoms. The number of carbonyl (C=O) groups excluding carboxylic acids is 3. The van der Waals surface area contributed by atoms with Crippen molar-refractivity contribution < 1.29 is 14.4 Å². The smallest absolute Gasteiger partial charge is 0.262 e. The van der Waals surface area contributed by atoms with Crippen LogP contribution in [0.4, 0.5) is 5.82 Å². The van der Waals surface area contributed by atoms with Crippen LogP contribution in [0.15, 0.2) is 54.7 Å². The second-order valence-corrected chi connectivity index (χ2v) is 8.05. The van der Waals surface area contributed by atoms with Gasteiger partial charge in [0.05, 0.1) is 16.8 Å². The van der Waals surface area contributed by atoms with E-state index in [-0.39, 0.29) is 12.0 Å². The van der Waals surface area contributed by atoms with Crippen molar-refractivity contribution in [3.05, 3.63) is 71.5 Å². The van der Waals surface area contributed by atoms with Crippen LogP contribution in [0.5, 0.6) is 0 Å². The number of fused-ring (bicyclic) bond motifs is 1. The Hall–Kier alpha value is -3.81. The van der Waals surface area contributed by atoms with E-state index in [1.807, 2.05) is 26.8 Å². The zero-order valence-electron chi connectivity index (χ0n) is 16.9. The summed E-state index contributed by atoms with van der Waals surface area (Å²) < 4.78 is 1.54. The summed E-state index contributed by atoms with van der Waals surface area (Å²) in [7, 11) is 0. The van der Waals surface area contributed by atoms with E-state index in [4.69, 9.17) is 0 Å². The molecule has 1 aliphatic heterocycles. The van der Waals surface area contributed by atoms with Crippen molar-refractivity contribution in [3.63, 3.8) is 0 Å². The molecular weight excluding hydrogens is 382 g/mol. The summed E-state index contributed by atoms with van der Waals surface area (Å²) in [5, 5.41) is 7.36. The molecule has 0 saturated carbocycles. The molecule has 0 aliphatic carbocycles. The first-order valence-electron chi connectivity index (χ1n) is 9.53. The van der Waals surface area contributed by atoms with Crippen molar-refractivity contribution in [3.8, 4) is 5.82 Å². The molecule has 0 atom stereocenters. The molecule has 3 amide bonds. The predicted octanol–water partition coefficient (Wildman–Crippen LogP) is 2.80. The normalized spacial score (nSPS) is 13.5. The minimum atomic E-state index is -0.498. The molecule has 1 N–H and O–H groups in total. The summed E-state index contributed by atoms with van der Waals surface area (Å²) in [6.45, 7) is 5.66. The van der Waals surface area contributed by atoms with E-state index in [1.54, 1.807) is 53.3 Å². The fourth-order valence-electron chi connectivity index (χ4n) is 3.20. The molecule has 0 spiro atoms. The van der Waals surface area contributed by atoms with Crippen LogP contribution in [0.2, 0.25) is 0 Å². The van der Waals surface area contributed by atoms with Crippen molar-refractivity contribution >= 4 is 23.5 Å². The Morgan fingerprint density at radius 2 is 1.63 bits per heavy atom. The van der Waals surface area contributed by atoms with Crippen molar-refractivity contribution in [1.29, 1.82) is 0 Å². The second-order valence-electron chi connectivity index (χ2n) is 8.05. The Labute approximate surface area is 173 Å². The van der Waals surface area contributed by atoms with Gasteiger partial charge in [-0.15, -0.1) is 0 Å². The number of pyridine rings is 1. The lowest BCUT2D eigenvalue weighted by Crippen LogP contribution is -2.37. The molecule has 1 aromatic carbocycles. The average molecular weight is 403 g/mol. The summed E-state index contributed by atoms with van der Waals surface area (Å²) >= 11 is 0. The van der Waals surface area contributed by atoms with Gasteiger partial charge in [0, 0.05) is 17.7 Å². The van der Waals surface area contributed by atoms with E-state index < -0.39 is 17.7 Å². The van der Waals surface area contributed by atoms with E-state index in [9.17, 15) is 14.4 Å². The molecule has 0 saturated heterocycles. The topological polar surface area (TPSA) is 97.2 Å². The zero-order valence-corrected chi connectivity index (χ0v) is 16.9. The van der Waals surface area contributed by atoms with E-state index in [0.29, 0.717) is 22.8 Å². The minimum Gasteiger partial charge on any atom is -0.309 e. The van der Waals surface area contributed by atoms with Crippen LogP contribution in [0.3, 0.4) is 0 Å². The van der Waals surface area contributed by atoms with Gasteiger partial charge in [-0.25, -0.2) is 4.98 Å². The number of hydrogen-bond acceptors (Lipinski definition) is 5. The molecule has 4 rings (SSSR count). The van der Waals surface area contributed by atoms with Crippen molar-refractivity contribution in [1.82, 2.24) is 19.7 Å².